The van der Waals surface area contributed by atoms with Crippen molar-refractivity contribution in [3.05, 3.63) is 16.1 Å². The summed E-state index contributed by atoms with van der Waals surface area (Å²) in [5, 5.41) is 6.92. The van der Waals surface area contributed by atoms with Crippen LogP contribution in [0.3, 0.4) is 0 Å². The second-order valence-electron chi connectivity index (χ2n) is 4.22. The molecular formula is C13H24N2OS. The maximum absolute atomic E-state index is 5.43. The zero-order valence-corrected chi connectivity index (χ0v) is 12.0. The molecule has 98 valence electrons. The van der Waals surface area contributed by atoms with Gasteiger partial charge in [0.1, 0.15) is 0 Å². The highest BCUT2D eigenvalue weighted by molar-refractivity contribution is 7.09. The maximum Gasteiger partial charge on any atom is 0.0943 e. The normalized spacial score (nSPS) is 12.9. The number of hydrogen-bond acceptors (Lipinski definition) is 4. The van der Waals surface area contributed by atoms with E-state index in [1.165, 1.54) is 11.4 Å². The van der Waals surface area contributed by atoms with Crippen LogP contribution < -0.4 is 5.32 Å². The van der Waals surface area contributed by atoms with Crippen LogP contribution >= 0.6 is 11.3 Å². The summed E-state index contributed by atoms with van der Waals surface area (Å²) in [6, 6.07) is 0.493. The van der Waals surface area contributed by atoms with E-state index in [0.717, 1.165) is 38.3 Å². The Bertz CT molecular complexity index is 301. The molecule has 0 aliphatic rings. The molecule has 1 atom stereocenters. The van der Waals surface area contributed by atoms with Gasteiger partial charge >= 0.3 is 0 Å². The summed E-state index contributed by atoms with van der Waals surface area (Å²) in [6.45, 7) is 8.99. The number of nitrogens with zero attached hydrogens (tertiary/aromatic N) is 1. The summed E-state index contributed by atoms with van der Waals surface area (Å²) < 4.78 is 5.43. The molecular weight excluding hydrogens is 232 g/mol. The molecule has 0 amide bonds. The molecule has 0 aliphatic heterocycles. The van der Waals surface area contributed by atoms with Gasteiger partial charge in [0.05, 0.1) is 5.01 Å². The van der Waals surface area contributed by atoms with Gasteiger partial charge in [-0.05, 0) is 33.2 Å². The van der Waals surface area contributed by atoms with Gasteiger partial charge in [0.15, 0.2) is 0 Å². The predicted octanol–water partition coefficient (Wildman–Crippen LogP) is 2.79. The first kappa shape index (κ1) is 14.6. The van der Waals surface area contributed by atoms with Crippen LogP contribution in [-0.2, 0) is 11.2 Å². The molecule has 1 aromatic rings. The number of aromatic nitrogens is 1. The lowest BCUT2D eigenvalue weighted by Crippen LogP contribution is -2.33. The molecule has 17 heavy (non-hydrogen) atoms. The van der Waals surface area contributed by atoms with Crippen LogP contribution in [-0.4, -0.2) is 30.8 Å². The fourth-order valence-electron chi connectivity index (χ4n) is 1.70. The first-order chi connectivity index (χ1) is 8.26. The van der Waals surface area contributed by atoms with E-state index < -0.39 is 0 Å². The highest BCUT2D eigenvalue weighted by atomic mass is 32.1. The van der Waals surface area contributed by atoms with Crippen molar-refractivity contribution in [1.82, 2.24) is 10.3 Å². The van der Waals surface area contributed by atoms with E-state index in [9.17, 15) is 0 Å². The van der Waals surface area contributed by atoms with Gasteiger partial charge in [0.25, 0.3) is 0 Å². The van der Waals surface area contributed by atoms with E-state index in [4.69, 9.17) is 4.74 Å². The zero-order chi connectivity index (χ0) is 12.5. The van der Waals surface area contributed by atoms with Gasteiger partial charge in [0.2, 0.25) is 0 Å². The Kier molecular flexibility index (Phi) is 7.40. The van der Waals surface area contributed by atoms with E-state index in [2.05, 4.69) is 29.5 Å². The number of ether oxygens (including phenoxy) is 1. The van der Waals surface area contributed by atoms with Crippen molar-refractivity contribution in [3.8, 4) is 0 Å². The molecule has 4 heteroatoms. The lowest BCUT2D eigenvalue weighted by Gasteiger charge is -2.17. The first-order valence-corrected chi connectivity index (χ1v) is 7.36. The van der Waals surface area contributed by atoms with Crippen molar-refractivity contribution in [2.75, 3.05) is 19.8 Å². The van der Waals surface area contributed by atoms with Crippen molar-refractivity contribution < 1.29 is 4.74 Å². The molecule has 0 fully saturated rings. The van der Waals surface area contributed by atoms with Crippen molar-refractivity contribution in [1.29, 1.82) is 0 Å². The Morgan fingerprint density at radius 1 is 1.47 bits per heavy atom. The molecule has 3 nitrogen and oxygen atoms in total. The van der Waals surface area contributed by atoms with Crippen LogP contribution in [0.2, 0.25) is 0 Å². The van der Waals surface area contributed by atoms with Crippen LogP contribution in [0.5, 0.6) is 0 Å². The topological polar surface area (TPSA) is 34.1 Å². The van der Waals surface area contributed by atoms with E-state index in [1.807, 2.05) is 6.92 Å². The summed E-state index contributed by atoms with van der Waals surface area (Å²) >= 11 is 1.76. The zero-order valence-electron chi connectivity index (χ0n) is 11.2. The average Bonchev–Trinajstić information content (AvgIpc) is 2.72. The van der Waals surface area contributed by atoms with Crippen molar-refractivity contribution >= 4 is 11.3 Å². The van der Waals surface area contributed by atoms with Crippen LogP contribution in [0.1, 0.15) is 37.4 Å². The van der Waals surface area contributed by atoms with Gasteiger partial charge in [-0.25, -0.2) is 4.98 Å². The standard InChI is InChI=1S/C13H24N2OS/c1-4-7-14-12(6-8-16-5-2)9-13-15-11(3)10-17-13/h10,12,14H,4-9H2,1-3H3. The molecule has 0 saturated carbocycles. The molecule has 0 bridgehead atoms. The Morgan fingerprint density at radius 2 is 2.29 bits per heavy atom. The van der Waals surface area contributed by atoms with Crippen molar-refractivity contribution in [2.45, 2.75) is 46.1 Å². The minimum absolute atomic E-state index is 0.493. The second kappa shape index (κ2) is 8.61. The van der Waals surface area contributed by atoms with Crippen LogP contribution in [0.25, 0.3) is 0 Å². The monoisotopic (exact) mass is 256 g/mol. The average molecular weight is 256 g/mol. The molecule has 0 radical (unpaired) electrons. The van der Waals surface area contributed by atoms with Gasteiger partial charge in [-0.15, -0.1) is 11.3 Å². The minimum Gasteiger partial charge on any atom is -0.382 e. The van der Waals surface area contributed by atoms with Crippen LogP contribution in [0.15, 0.2) is 5.38 Å². The third-order valence-electron chi connectivity index (χ3n) is 2.59. The van der Waals surface area contributed by atoms with Gasteiger partial charge < -0.3 is 10.1 Å². The fraction of sp³-hybridized carbons (Fsp3) is 0.769. The predicted molar refractivity (Wildman–Crippen MR) is 73.7 cm³/mol. The lowest BCUT2D eigenvalue weighted by atomic mass is 10.1. The number of nitrogens with one attached hydrogen (secondary N) is 1. The molecule has 0 spiro atoms. The third-order valence-corrected chi connectivity index (χ3v) is 3.57. The maximum atomic E-state index is 5.43. The fourth-order valence-corrected chi connectivity index (χ4v) is 2.56. The minimum atomic E-state index is 0.493. The molecule has 0 aliphatic carbocycles. The van der Waals surface area contributed by atoms with Gasteiger partial charge in [-0.1, -0.05) is 6.92 Å². The first-order valence-electron chi connectivity index (χ1n) is 6.48. The molecule has 1 unspecified atom stereocenters. The number of thiazole rings is 1. The quantitative estimate of drug-likeness (QED) is 0.690. The summed E-state index contributed by atoms with van der Waals surface area (Å²) in [4.78, 5) is 4.52. The Hall–Kier alpha value is -0.450. The lowest BCUT2D eigenvalue weighted by molar-refractivity contribution is 0.136. The van der Waals surface area contributed by atoms with Gasteiger partial charge in [-0.2, -0.15) is 0 Å². The van der Waals surface area contributed by atoms with Crippen molar-refractivity contribution in [3.63, 3.8) is 0 Å². The number of hydrogen-bond donors (Lipinski definition) is 1. The SMILES string of the molecule is CCCNC(CCOCC)Cc1nc(C)cs1. The highest BCUT2D eigenvalue weighted by Gasteiger charge is 2.10. The van der Waals surface area contributed by atoms with Crippen LogP contribution in [0.4, 0.5) is 0 Å². The van der Waals surface area contributed by atoms with Crippen molar-refractivity contribution in [2.24, 2.45) is 0 Å². The highest BCUT2D eigenvalue weighted by Crippen LogP contribution is 2.12. The Balaban J connectivity index is 2.38. The second-order valence-corrected chi connectivity index (χ2v) is 5.17. The smallest absolute Gasteiger partial charge is 0.0943 e. The molecule has 1 rings (SSSR count). The van der Waals surface area contributed by atoms with E-state index in [0.29, 0.717) is 6.04 Å². The molecule has 1 aromatic heterocycles. The number of rotatable bonds is 9. The molecule has 1 N–H and O–H groups in total. The number of aryl methyl sites for hydroxylation is 1. The Morgan fingerprint density at radius 3 is 2.88 bits per heavy atom. The molecule has 0 aromatic carbocycles. The summed E-state index contributed by atoms with van der Waals surface area (Å²) in [5.74, 6) is 0. The van der Waals surface area contributed by atoms with Gasteiger partial charge in [-0.3, -0.25) is 0 Å². The third kappa shape index (κ3) is 6.15. The Labute approximate surface area is 109 Å². The summed E-state index contributed by atoms with van der Waals surface area (Å²) in [5.41, 5.74) is 1.13. The largest absolute Gasteiger partial charge is 0.382 e. The summed E-state index contributed by atoms with van der Waals surface area (Å²) in [6.07, 6.45) is 3.25. The van der Waals surface area contributed by atoms with E-state index >= 15 is 0 Å². The summed E-state index contributed by atoms with van der Waals surface area (Å²) in [7, 11) is 0. The molecule has 1 heterocycles. The van der Waals surface area contributed by atoms with E-state index in [1.54, 1.807) is 11.3 Å². The molecule has 0 saturated heterocycles. The van der Waals surface area contributed by atoms with Gasteiger partial charge in [0, 0.05) is 36.8 Å². The van der Waals surface area contributed by atoms with E-state index in [-0.39, 0.29) is 0 Å². The van der Waals surface area contributed by atoms with Crippen LogP contribution in [0, 0.1) is 6.92 Å².